The van der Waals surface area contributed by atoms with Crippen molar-refractivity contribution < 1.29 is 4.74 Å². The summed E-state index contributed by atoms with van der Waals surface area (Å²) in [5, 5.41) is 3.72. The number of halogens is 1. The van der Waals surface area contributed by atoms with E-state index in [4.69, 9.17) is 4.74 Å². The van der Waals surface area contributed by atoms with Crippen molar-refractivity contribution in [2.24, 2.45) is 0 Å². The maximum atomic E-state index is 5.48. The fourth-order valence-electron chi connectivity index (χ4n) is 2.65. The molecule has 1 fully saturated rings. The summed E-state index contributed by atoms with van der Waals surface area (Å²) in [6.45, 7) is 1.66. The van der Waals surface area contributed by atoms with Crippen LogP contribution in [0.1, 0.15) is 23.7 Å². The van der Waals surface area contributed by atoms with Gasteiger partial charge in [0.2, 0.25) is 0 Å². The number of nitrogens with zero attached hydrogens (tertiary/aromatic N) is 1. The molecule has 3 rings (SSSR count). The summed E-state index contributed by atoms with van der Waals surface area (Å²) in [4.78, 5) is 4.46. The molecule has 0 radical (unpaired) electrons. The first-order chi connectivity index (χ1) is 10.3. The van der Waals surface area contributed by atoms with Gasteiger partial charge < -0.3 is 10.1 Å². The van der Waals surface area contributed by atoms with Gasteiger partial charge in [-0.05, 0) is 36.2 Å². The van der Waals surface area contributed by atoms with E-state index in [1.807, 2.05) is 18.3 Å². The first kappa shape index (κ1) is 14.7. The Labute approximate surface area is 133 Å². The Kier molecular flexibility index (Phi) is 5.01. The summed E-state index contributed by atoms with van der Waals surface area (Å²) in [5.74, 6) is 0. The quantitative estimate of drug-likeness (QED) is 0.899. The Morgan fingerprint density at radius 1 is 1.24 bits per heavy atom. The molecule has 0 amide bonds. The second kappa shape index (κ2) is 7.16. The fourth-order valence-corrected chi connectivity index (χ4v) is 2.91. The topological polar surface area (TPSA) is 34.2 Å². The SMILES string of the molecule is Brc1ccc([C@@H](Cc2ccccn2)N[C@@H]2CCOC2)cc1. The maximum absolute atomic E-state index is 5.48. The highest BCUT2D eigenvalue weighted by Gasteiger charge is 2.21. The lowest BCUT2D eigenvalue weighted by Crippen LogP contribution is -2.34. The lowest BCUT2D eigenvalue weighted by Gasteiger charge is -2.22. The molecule has 0 saturated carbocycles. The zero-order chi connectivity index (χ0) is 14.5. The third kappa shape index (κ3) is 4.13. The molecule has 2 atom stereocenters. The van der Waals surface area contributed by atoms with Crippen LogP contribution < -0.4 is 5.32 Å². The molecule has 21 heavy (non-hydrogen) atoms. The van der Waals surface area contributed by atoms with Gasteiger partial charge in [0.1, 0.15) is 0 Å². The number of hydrogen-bond donors (Lipinski definition) is 1. The summed E-state index contributed by atoms with van der Waals surface area (Å²) in [6, 6.07) is 15.3. The van der Waals surface area contributed by atoms with Gasteiger partial charge in [0.15, 0.2) is 0 Å². The maximum Gasteiger partial charge on any atom is 0.0620 e. The van der Waals surface area contributed by atoms with Crippen molar-refractivity contribution in [1.29, 1.82) is 0 Å². The van der Waals surface area contributed by atoms with E-state index in [0.717, 1.165) is 36.2 Å². The van der Waals surface area contributed by atoms with Gasteiger partial charge >= 0.3 is 0 Å². The van der Waals surface area contributed by atoms with Crippen molar-refractivity contribution in [2.45, 2.75) is 24.9 Å². The van der Waals surface area contributed by atoms with Crippen LogP contribution in [0.15, 0.2) is 53.1 Å². The number of benzene rings is 1. The highest BCUT2D eigenvalue weighted by Crippen LogP contribution is 2.22. The van der Waals surface area contributed by atoms with Crippen LogP contribution in [-0.2, 0) is 11.2 Å². The lowest BCUT2D eigenvalue weighted by molar-refractivity contribution is 0.188. The molecule has 1 N–H and O–H groups in total. The molecular formula is C17H19BrN2O. The average molecular weight is 347 g/mol. The molecule has 1 saturated heterocycles. The number of pyridine rings is 1. The van der Waals surface area contributed by atoms with Gasteiger partial charge in [-0.2, -0.15) is 0 Å². The van der Waals surface area contributed by atoms with Crippen LogP contribution in [0.4, 0.5) is 0 Å². The second-order valence-electron chi connectivity index (χ2n) is 5.36. The normalized spacial score (nSPS) is 19.6. The highest BCUT2D eigenvalue weighted by atomic mass is 79.9. The molecule has 4 heteroatoms. The van der Waals surface area contributed by atoms with Crippen molar-refractivity contribution in [3.63, 3.8) is 0 Å². The molecule has 0 spiro atoms. The molecule has 1 aliphatic rings. The van der Waals surface area contributed by atoms with E-state index in [1.165, 1.54) is 5.56 Å². The van der Waals surface area contributed by atoms with Crippen LogP contribution in [0.3, 0.4) is 0 Å². The predicted molar refractivity (Wildman–Crippen MR) is 87.2 cm³/mol. The Morgan fingerprint density at radius 2 is 2.10 bits per heavy atom. The van der Waals surface area contributed by atoms with Crippen molar-refractivity contribution in [3.05, 3.63) is 64.4 Å². The van der Waals surface area contributed by atoms with Crippen LogP contribution in [0.2, 0.25) is 0 Å². The van der Waals surface area contributed by atoms with Crippen molar-refractivity contribution >= 4 is 15.9 Å². The largest absolute Gasteiger partial charge is 0.380 e. The molecule has 3 nitrogen and oxygen atoms in total. The third-order valence-electron chi connectivity index (χ3n) is 3.78. The van der Waals surface area contributed by atoms with E-state index in [-0.39, 0.29) is 6.04 Å². The fraction of sp³-hybridized carbons (Fsp3) is 0.353. The third-order valence-corrected chi connectivity index (χ3v) is 4.31. The van der Waals surface area contributed by atoms with Crippen molar-refractivity contribution in [2.75, 3.05) is 13.2 Å². The summed E-state index contributed by atoms with van der Waals surface area (Å²) in [7, 11) is 0. The van der Waals surface area contributed by atoms with Crippen LogP contribution in [0.25, 0.3) is 0 Å². The summed E-state index contributed by atoms with van der Waals surface area (Å²) in [5.41, 5.74) is 2.40. The molecule has 0 aliphatic carbocycles. The average Bonchev–Trinajstić information content (AvgIpc) is 3.01. The van der Waals surface area contributed by atoms with Crippen LogP contribution in [-0.4, -0.2) is 24.2 Å². The van der Waals surface area contributed by atoms with Crippen LogP contribution in [0, 0.1) is 0 Å². The van der Waals surface area contributed by atoms with Gasteiger partial charge in [0, 0.05) is 41.5 Å². The van der Waals surface area contributed by atoms with E-state index < -0.39 is 0 Å². The Hall–Kier alpha value is -1.23. The second-order valence-corrected chi connectivity index (χ2v) is 6.27. The van der Waals surface area contributed by atoms with Crippen molar-refractivity contribution in [1.82, 2.24) is 10.3 Å². The minimum absolute atomic E-state index is 0.264. The molecule has 1 aromatic heterocycles. The zero-order valence-corrected chi connectivity index (χ0v) is 13.4. The van der Waals surface area contributed by atoms with E-state index >= 15 is 0 Å². The lowest BCUT2D eigenvalue weighted by atomic mass is 10.0. The standard InChI is InChI=1S/C17H19BrN2O/c18-14-6-4-13(5-7-14)17(20-16-8-10-21-12-16)11-15-3-1-2-9-19-15/h1-7,9,16-17,20H,8,10-12H2/t16-,17-/m1/s1. The van der Waals surface area contributed by atoms with E-state index in [9.17, 15) is 0 Å². The van der Waals surface area contributed by atoms with Crippen molar-refractivity contribution in [3.8, 4) is 0 Å². The Morgan fingerprint density at radius 3 is 2.76 bits per heavy atom. The monoisotopic (exact) mass is 346 g/mol. The minimum atomic E-state index is 0.264. The van der Waals surface area contributed by atoms with E-state index in [1.54, 1.807) is 0 Å². The van der Waals surface area contributed by atoms with Crippen LogP contribution >= 0.6 is 15.9 Å². The molecule has 0 bridgehead atoms. The molecule has 2 aromatic rings. The summed E-state index contributed by atoms with van der Waals surface area (Å²) < 4.78 is 6.58. The molecule has 0 unspecified atom stereocenters. The Bertz CT molecular complexity index is 553. The van der Waals surface area contributed by atoms with Gasteiger partial charge in [-0.25, -0.2) is 0 Å². The highest BCUT2D eigenvalue weighted by molar-refractivity contribution is 9.10. The molecule has 1 aromatic carbocycles. The number of hydrogen-bond acceptors (Lipinski definition) is 3. The zero-order valence-electron chi connectivity index (χ0n) is 11.8. The summed E-state index contributed by atoms with van der Waals surface area (Å²) in [6.07, 6.45) is 3.82. The van der Waals surface area contributed by atoms with Crippen LogP contribution in [0.5, 0.6) is 0 Å². The molecular weight excluding hydrogens is 328 g/mol. The predicted octanol–water partition coefficient (Wildman–Crippen LogP) is 3.51. The number of rotatable bonds is 5. The molecule has 110 valence electrons. The van der Waals surface area contributed by atoms with Gasteiger partial charge in [0.25, 0.3) is 0 Å². The van der Waals surface area contributed by atoms with Gasteiger partial charge in [-0.15, -0.1) is 0 Å². The van der Waals surface area contributed by atoms with Gasteiger partial charge in [-0.1, -0.05) is 34.1 Å². The number of aromatic nitrogens is 1. The van der Waals surface area contributed by atoms with E-state index in [2.05, 4.69) is 56.6 Å². The van der Waals surface area contributed by atoms with E-state index in [0.29, 0.717) is 6.04 Å². The number of nitrogens with one attached hydrogen (secondary N) is 1. The number of ether oxygens (including phenoxy) is 1. The minimum Gasteiger partial charge on any atom is -0.380 e. The first-order valence-corrected chi connectivity index (χ1v) is 8.10. The Balaban J connectivity index is 1.77. The first-order valence-electron chi connectivity index (χ1n) is 7.30. The smallest absolute Gasteiger partial charge is 0.0620 e. The summed E-state index contributed by atoms with van der Waals surface area (Å²) >= 11 is 3.50. The molecule has 1 aliphatic heterocycles. The van der Waals surface area contributed by atoms with Gasteiger partial charge in [0.05, 0.1) is 6.61 Å². The molecule has 2 heterocycles. The van der Waals surface area contributed by atoms with Gasteiger partial charge in [-0.3, -0.25) is 4.98 Å².